The van der Waals surface area contributed by atoms with Gasteiger partial charge in [-0.3, -0.25) is 4.90 Å². The molecule has 0 radical (unpaired) electrons. The molecule has 0 aliphatic heterocycles. The van der Waals surface area contributed by atoms with Crippen LogP contribution in [0.25, 0.3) is 11.1 Å². The standard InChI is InChI=1S/C38H33NO4/c1-27(39(2)37(41)42-26-35-33-24-14-12-22-31(33)32-23-13-15-25-34(32)35)36(40)43-38(28-16-6-3-7-17-28,29-18-8-4-9-19-29)30-20-10-5-11-21-30/h3-25,27,35H,26H2,1-2H3/t27-/m0/s1. The molecule has 0 bridgehead atoms. The van der Waals surface area contributed by atoms with Crippen LogP contribution in [0.3, 0.4) is 0 Å². The summed E-state index contributed by atoms with van der Waals surface area (Å²) >= 11 is 0. The number of likely N-dealkylation sites (N-methyl/N-ethyl adjacent to an activating group) is 1. The van der Waals surface area contributed by atoms with Crippen molar-refractivity contribution in [1.82, 2.24) is 4.90 Å². The molecular formula is C38H33NO4. The maximum absolute atomic E-state index is 13.9. The number of hydrogen-bond donors (Lipinski definition) is 0. The van der Waals surface area contributed by atoms with Crippen LogP contribution in [0.4, 0.5) is 4.79 Å². The lowest BCUT2D eigenvalue weighted by Gasteiger charge is -2.37. The Labute approximate surface area is 252 Å². The van der Waals surface area contributed by atoms with Crippen LogP contribution in [-0.2, 0) is 19.9 Å². The fourth-order valence-electron chi connectivity index (χ4n) is 5.94. The first kappa shape index (κ1) is 28.0. The Bertz CT molecular complexity index is 1580. The third-order valence-electron chi connectivity index (χ3n) is 8.34. The number of esters is 1. The van der Waals surface area contributed by atoms with Crippen molar-refractivity contribution in [2.75, 3.05) is 13.7 Å². The fourth-order valence-corrected chi connectivity index (χ4v) is 5.94. The molecule has 0 saturated carbocycles. The fraction of sp³-hybridized carbons (Fsp3) is 0.158. The largest absolute Gasteiger partial charge is 0.448 e. The summed E-state index contributed by atoms with van der Waals surface area (Å²) in [5.74, 6) is -0.624. The van der Waals surface area contributed by atoms with E-state index in [9.17, 15) is 9.59 Å². The molecule has 0 saturated heterocycles. The van der Waals surface area contributed by atoms with Crippen molar-refractivity contribution in [3.05, 3.63) is 167 Å². The quantitative estimate of drug-likeness (QED) is 0.142. The topological polar surface area (TPSA) is 55.8 Å². The molecule has 5 aromatic carbocycles. The molecule has 5 nitrogen and oxygen atoms in total. The lowest BCUT2D eigenvalue weighted by molar-refractivity contribution is -0.158. The van der Waals surface area contributed by atoms with Gasteiger partial charge in [0.1, 0.15) is 12.6 Å². The van der Waals surface area contributed by atoms with Crippen LogP contribution < -0.4 is 0 Å². The molecule has 0 N–H and O–H groups in total. The van der Waals surface area contributed by atoms with Crippen molar-refractivity contribution in [2.45, 2.75) is 24.5 Å². The Hall–Kier alpha value is -5.16. The third kappa shape index (κ3) is 5.19. The lowest BCUT2D eigenvalue weighted by Crippen LogP contribution is -2.45. The Kier molecular flexibility index (Phi) is 7.80. The van der Waals surface area contributed by atoms with E-state index in [0.29, 0.717) is 0 Å². The smallest absolute Gasteiger partial charge is 0.410 e. The van der Waals surface area contributed by atoms with E-state index in [0.717, 1.165) is 38.9 Å². The van der Waals surface area contributed by atoms with Crippen LogP contribution in [0.2, 0.25) is 0 Å². The average molecular weight is 568 g/mol. The first-order valence-electron chi connectivity index (χ1n) is 14.5. The molecule has 1 aliphatic rings. The molecule has 43 heavy (non-hydrogen) atoms. The van der Waals surface area contributed by atoms with Crippen molar-refractivity contribution in [2.24, 2.45) is 0 Å². The van der Waals surface area contributed by atoms with Crippen molar-refractivity contribution in [3.8, 4) is 11.1 Å². The second-order valence-corrected chi connectivity index (χ2v) is 10.8. The van der Waals surface area contributed by atoms with E-state index in [4.69, 9.17) is 9.47 Å². The average Bonchev–Trinajstić information content (AvgIpc) is 3.40. The van der Waals surface area contributed by atoms with Gasteiger partial charge < -0.3 is 9.47 Å². The summed E-state index contributed by atoms with van der Waals surface area (Å²) in [5, 5.41) is 0. The summed E-state index contributed by atoms with van der Waals surface area (Å²) in [6.07, 6.45) is -0.587. The van der Waals surface area contributed by atoms with Gasteiger partial charge in [-0.2, -0.15) is 0 Å². The number of carbonyl (C=O) groups excluding carboxylic acids is 2. The van der Waals surface area contributed by atoms with Crippen LogP contribution in [0, 0.1) is 0 Å². The van der Waals surface area contributed by atoms with E-state index in [1.165, 1.54) is 4.90 Å². The summed E-state index contributed by atoms with van der Waals surface area (Å²) in [6, 6.07) is 44.5. The number of benzene rings is 5. The first-order valence-corrected chi connectivity index (χ1v) is 14.5. The molecule has 5 heteroatoms. The monoisotopic (exact) mass is 567 g/mol. The molecule has 0 heterocycles. The Morgan fingerprint density at radius 1 is 0.651 bits per heavy atom. The molecule has 0 aromatic heterocycles. The van der Waals surface area contributed by atoms with Crippen LogP contribution in [0.5, 0.6) is 0 Å². The highest BCUT2D eigenvalue weighted by molar-refractivity contribution is 5.82. The minimum atomic E-state index is -1.23. The van der Waals surface area contributed by atoms with E-state index in [2.05, 4.69) is 24.3 Å². The second kappa shape index (κ2) is 12.0. The number of nitrogens with zero attached hydrogens (tertiary/aromatic N) is 1. The summed E-state index contributed by atoms with van der Waals surface area (Å²) in [6.45, 7) is 1.83. The van der Waals surface area contributed by atoms with Gasteiger partial charge in [-0.15, -0.1) is 0 Å². The number of rotatable bonds is 8. The molecule has 1 amide bonds. The lowest BCUT2D eigenvalue weighted by atomic mass is 9.80. The van der Waals surface area contributed by atoms with Gasteiger partial charge in [0.15, 0.2) is 5.60 Å². The highest BCUT2D eigenvalue weighted by Crippen LogP contribution is 2.45. The number of carbonyl (C=O) groups is 2. The molecule has 214 valence electrons. The van der Waals surface area contributed by atoms with Gasteiger partial charge in [0.2, 0.25) is 0 Å². The number of hydrogen-bond acceptors (Lipinski definition) is 4. The Morgan fingerprint density at radius 2 is 1.05 bits per heavy atom. The van der Waals surface area contributed by atoms with Crippen molar-refractivity contribution < 1.29 is 19.1 Å². The van der Waals surface area contributed by atoms with E-state index in [1.807, 2.05) is 115 Å². The van der Waals surface area contributed by atoms with E-state index in [-0.39, 0.29) is 12.5 Å². The van der Waals surface area contributed by atoms with Crippen LogP contribution in [-0.4, -0.2) is 36.7 Å². The van der Waals surface area contributed by atoms with Crippen LogP contribution in [0.1, 0.15) is 40.7 Å². The highest BCUT2D eigenvalue weighted by Gasteiger charge is 2.42. The zero-order valence-corrected chi connectivity index (χ0v) is 24.2. The molecule has 1 atom stereocenters. The molecule has 0 unspecified atom stereocenters. The van der Waals surface area contributed by atoms with Crippen molar-refractivity contribution >= 4 is 12.1 Å². The molecule has 6 rings (SSSR count). The first-order chi connectivity index (χ1) is 21.0. The number of fused-ring (bicyclic) bond motifs is 3. The van der Waals surface area contributed by atoms with Gasteiger partial charge in [-0.1, -0.05) is 140 Å². The molecule has 0 fully saturated rings. The predicted octanol–water partition coefficient (Wildman–Crippen LogP) is 7.79. The number of amides is 1. The molecule has 0 spiro atoms. The molecular weight excluding hydrogens is 534 g/mol. The third-order valence-corrected chi connectivity index (χ3v) is 8.34. The van der Waals surface area contributed by atoms with E-state index < -0.39 is 23.7 Å². The van der Waals surface area contributed by atoms with Gasteiger partial charge in [0, 0.05) is 29.7 Å². The highest BCUT2D eigenvalue weighted by atomic mass is 16.6. The summed E-state index contributed by atoms with van der Waals surface area (Å²) in [4.78, 5) is 28.6. The van der Waals surface area contributed by atoms with Crippen molar-refractivity contribution in [1.29, 1.82) is 0 Å². The summed E-state index contributed by atoms with van der Waals surface area (Å²) in [5.41, 5.74) is 5.75. The minimum Gasteiger partial charge on any atom is -0.448 e. The zero-order chi connectivity index (χ0) is 29.8. The van der Waals surface area contributed by atoms with E-state index >= 15 is 0 Å². The second-order valence-electron chi connectivity index (χ2n) is 10.8. The van der Waals surface area contributed by atoms with Gasteiger partial charge in [-0.25, -0.2) is 9.59 Å². The van der Waals surface area contributed by atoms with Gasteiger partial charge in [0.25, 0.3) is 0 Å². The van der Waals surface area contributed by atoms with Crippen molar-refractivity contribution in [3.63, 3.8) is 0 Å². The number of ether oxygens (including phenoxy) is 2. The van der Waals surface area contributed by atoms with Gasteiger partial charge in [0.05, 0.1) is 0 Å². The Balaban J connectivity index is 1.25. The maximum atomic E-state index is 13.9. The van der Waals surface area contributed by atoms with Gasteiger partial charge in [-0.05, 0) is 29.2 Å². The predicted molar refractivity (Wildman–Crippen MR) is 168 cm³/mol. The van der Waals surface area contributed by atoms with Crippen LogP contribution in [0.15, 0.2) is 140 Å². The SMILES string of the molecule is C[C@@H](C(=O)OC(c1ccccc1)(c1ccccc1)c1ccccc1)N(C)C(=O)OCC1c2ccccc2-c2ccccc21. The molecule has 1 aliphatic carbocycles. The van der Waals surface area contributed by atoms with E-state index in [1.54, 1.807) is 14.0 Å². The maximum Gasteiger partial charge on any atom is 0.410 e. The summed E-state index contributed by atoms with van der Waals surface area (Å²) < 4.78 is 12.3. The Morgan fingerprint density at radius 3 is 1.49 bits per heavy atom. The minimum absolute atomic E-state index is 0.0751. The summed E-state index contributed by atoms with van der Waals surface area (Å²) in [7, 11) is 1.57. The molecule has 5 aromatic rings. The van der Waals surface area contributed by atoms with Gasteiger partial charge >= 0.3 is 12.1 Å². The zero-order valence-electron chi connectivity index (χ0n) is 24.2. The normalized spacial score (nSPS) is 13.0. The van der Waals surface area contributed by atoms with Crippen LogP contribution >= 0.6 is 0 Å².